The van der Waals surface area contributed by atoms with Crippen LogP contribution in [0.2, 0.25) is 0 Å². The third-order valence-electron chi connectivity index (χ3n) is 4.45. The van der Waals surface area contributed by atoms with E-state index < -0.39 is 21.1 Å². The highest BCUT2D eigenvalue weighted by Crippen LogP contribution is 2.30. The molecule has 0 amide bonds. The number of sulfone groups is 1. The maximum absolute atomic E-state index is 13.2. The summed E-state index contributed by atoms with van der Waals surface area (Å²) in [7, 11) is -3.94. The lowest BCUT2D eigenvalue weighted by Crippen LogP contribution is -2.25. The van der Waals surface area contributed by atoms with Crippen LogP contribution >= 0.6 is 0 Å². The van der Waals surface area contributed by atoms with Crippen molar-refractivity contribution in [3.05, 3.63) is 102 Å². The molecule has 28 heavy (non-hydrogen) atoms. The van der Waals surface area contributed by atoms with Gasteiger partial charge in [-0.25, -0.2) is 8.42 Å². The van der Waals surface area contributed by atoms with Crippen LogP contribution in [0.3, 0.4) is 0 Å². The molecule has 0 aromatic heterocycles. The lowest BCUT2D eigenvalue weighted by Gasteiger charge is -2.17. The van der Waals surface area contributed by atoms with Gasteiger partial charge < -0.3 is 4.74 Å². The highest BCUT2D eigenvalue weighted by Gasteiger charge is 2.36. The van der Waals surface area contributed by atoms with E-state index in [1.807, 2.05) is 37.3 Å². The highest BCUT2D eigenvalue weighted by molar-refractivity contribution is 7.92. The molecular formula is C23H22O4S. The molecule has 3 aromatic carbocycles. The fourth-order valence-corrected chi connectivity index (χ4v) is 4.55. The Hall–Kier alpha value is -2.92. The Morgan fingerprint density at radius 2 is 1.43 bits per heavy atom. The number of benzene rings is 3. The summed E-state index contributed by atoms with van der Waals surface area (Å²) >= 11 is 0. The molecule has 0 radical (unpaired) electrons. The minimum absolute atomic E-state index is 0.104. The van der Waals surface area contributed by atoms with Gasteiger partial charge in [0, 0.05) is 6.42 Å². The summed E-state index contributed by atoms with van der Waals surface area (Å²) in [5.74, 6) is -0.761. The van der Waals surface area contributed by atoms with Crippen molar-refractivity contribution in [2.75, 3.05) is 6.61 Å². The molecule has 0 N–H and O–H groups in total. The van der Waals surface area contributed by atoms with Gasteiger partial charge in [0.15, 0.2) is 15.1 Å². The summed E-state index contributed by atoms with van der Waals surface area (Å²) in [5.41, 5.74) is 2.36. The molecule has 3 aromatic rings. The summed E-state index contributed by atoms with van der Waals surface area (Å²) in [4.78, 5) is 12.9. The monoisotopic (exact) mass is 394 g/mol. The van der Waals surface area contributed by atoms with Crippen molar-refractivity contribution < 1.29 is 17.9 Å². The van der Waals surface area contributed by atoms with Crippen molar-refractivity contribution in [2.45, 2.75) is 23.5 Å². The maximum atomic E-state index is 13.2. The molecule has 0 aliphatic rings. The van der Waals surface area contributed by atoms with Gasteiger partial charge >= 0.3 is 5.97 Å². The second-order valence-electron chi connectivity index (χ2n) is 6.55. The Balaban J connectivity index is 1.85. The first kappa shape index (κ1) is 19.8. The van der Waals surface area contributed by atoms with Crippen LogP contribution in [-0.2, 0) is 25.8 Å². The summed E-state index contributed by atoms with van der Waals surface area (Å²) in [6, 6.07) is 24.6. The largest absolute Gasteiger partial charge is 0.464 e. The Morgan fingerprint density at radius 3 is 2.04 bits per heavy atom. The molecule has 5 heteroatoms. The van der Waals surface area contributed by atoms with Crippen LogP contribution in [0.4, 0.5) is 0 Å². The van der Waals surface area contributed by atoms with Crippen molar-refractivity contribution >= 4 is 15.8 Å². The lowest BCUT2D eigenvalue weighted by molar-refractivity contribution is -0.143. The maximum Gasteiger partial charge on any atom is 0.329 e. The van der Waals surface area contributed by atoms with Gasteiger partial charge in [0.05, 0.1) is 11.5 Å². The van der Waals surface area contributed by atoms with E-state index in [9.17, 15) is 13.2 Å². The number of carbonyl (C=O) groups is 1. The molecule has 0 bridgehead atoms. The van der Waals surface area contributed by atoms with E-state index in [0.717, 1.165) is 11.1 Å². The van der Waals surface area contributed by atoms with Crippen LogP contribution in [-0.4, -0.2) is 21.0 Å². The van der Waals surface area contributed by atoms with Crippen LogP contribution in [0.5, 0.6) is 0 Å². The first-order valence-corrected chi connectivity index (χ1v) is 10.6. The minimum atomic E-state index is -3.94. The van der Waals surface area contributed by atoms with Crippen LogP contribution in [0, 0.1) is 6.92 Å². The molecule has 0 spiro atoms. The van der Waals surface area contributed by atoms with E-state index in [2.05, 4.69) is 0 Å². The predicted molar refractivity (Wildman–Crippen MR) is 109 cm³/mol. The Kier molecular flexibility index (Phi) is 6.26. The van der Waals surface area contributed by atoms with E-state index in [4.69, 9.17) is 4.74 Å². The van der Waals surface area contributed by atoms with Gasteiger partial charge in [0.1, 0.15) is 0 Å². The third kappa shape index (κ3) is 4.67. The van der Waals surface area contributed by atoms with Gasteiger partial charge in [-0.15, -0.1) is 0 Å². The van der Waals surface area contributed by atoms with E-state index in [-0.39, 0.29) is 11.5 Å². The Bertz CT molecular complexity index is 1010. The molecule has 0 heterocycles. The molecule has 3 rings (SSSR count). The fourth-order valence-electron chi connectivity index (χ4n) is 2.92. The van der Waals surface area contributed by atoms with E-state index in [0.29, 0.717) is 12.0 Å². The number of carbonyl (C=O) groups excluding carboxylic acids is 1. The van der Waals surface area contributed by atoms with Crippen molar-refractivity contribution in [1.82, 2.24) is 0 Å². The highest BCUT2D eigenvalue weighted by atomic mass is 32.2. The van der Waals surface area contributed by atoms with Crippen molar-refractivity contribution in [3.63, 3.8) is 0 Å². The number of ether oxygens (including phenoxy) is 1. The van der Waals surface area contributed by atoms with Crippen molar-refractivity contribution in [2.24, 2.45) is 0 Å². The standard InChI is InChI=1S/C23H22O4S/c1-18-12-14-21(15-13-18)28(25,26)22(20-10-6-3-7-11-20)23(24)27-17-16-19-8-4-2-5-9-19/h2-15,22H,16-17H2,1H3. The van der Waals surface area contributed by atoms with Gasteiger partial charge in [-0.1, -0.05) is 78.4 Å². The van der Waals surface area contributed by atoms with E-state index in [1.165, 1.54) is 12.1 Å². The van der Waals surface area contributed by atoms with Gasteiger partial charge in [-0.05, 0) is 30.2 Å². The second-order valence-corrected chi connectivity index (χ2v) is 8.58. The third-order valence-corrected chi connectivity index (χ3v) is 6.47. The zero-order valence-electron chi connectivity index (χ0n) is 15.6. The molecule has 0 aliphatic heterocycles. The van der Waals surface area contributed by atoms with Crippen LogP contribution < -0.4 is 0 Å². The normalized spacial score (nSPS) is 12.3. The van der Waals surface area contributed by atoms with Gasteiger partial charge in [-0.2, -0.15) is 0 Å². The summed E-state index contributed by atoms with van der Waals surface area (Å²) < 4.78 is 31.8. The minimum Gasteiger partial charge on any atom is -0.464 e. The summed E-state index contributed by atoms with van der Waals surface area (Å²) in [5, 5.41) is -1.40. The van der Waals surface area contributed by atoms with E-state index in [1.54, 1.807) is 42.5 Å². The SMILES string of the molecule is Cc1ccc(S(=O)(=O)C(C(=O)OCCc2ccccc2)c2ccccc2)cc1. The number of rotatable bonds is 7. The van der Waals surface area contributed by atoms with Gasteiger partial charge in [0.2, 0.25) is 0 Å². The van der Waals surface area contributed by atoms with Crippen LogP contribution in [0.15, 0.2) is 89.8 Å². The topological polar surface area (TPSA) is 60.4 Å². The molecule has 4 nitrogen and oxygen atoms in total. The average Bonchev–Trinajstić information content (AvgIpc) is 2.70. The first-order chi connectivity index (χ1) is 13.5. The van der Waals surface area contributed by atoms with Crippen LogP contribution in [0.1, 0.15) is 21.9 Å². The molecule has 1 atom stereocenters. The number of aryl methyl sites for hydroxylation is 1. The fraction of sp³-hybridized carbons (Fsp3) is 0.174. The molecule has 1 unspecified atom stereocenters. The molecule has 0 aliphatic carbocycles. The van der Waals surface area contributed by atoms with Gasteiger partial charge in [0.25, 0.3) is 0 Å². The van der Waals surface area contributed by atoms with E-state index >= 15 is 0 Å². The lowest BCUT2D eigenvalue weighted by atomic mass is 10.1. The smallest absolute Gasteiger partial charge is 0.329 e. The molecule has 0 saturated heterocycles. The first-order valence-electron chi connectivity index (χ1n) is 9.04. The molecule has 144 valence electrons. The molecule has 0 fully saturated rings. The number of hydrogen-bond donors (Lipinski definition) is 0. The van der Waals surface area contributed by atoms with Crippen molar-refractivity contribution in [3.8, 4) is 0 Å². The molecule has 0 saturated carbocycles. The zero-order valence-corrected chi connectivity index (χ0v) is 16.4. The predicted octanol–water partition coefficient (Wildman–Crippen LogP) is 4.30. The van der Waals surface area contributed by atoms with Crippen molar-refractivity contribution in [1.29, 1.82) is 0 Å². The Labute approximate surface area is 165 Å². The van der Waals surface area contributed by atoms with Gasteiger partial charge in [-0.3, -0.25) is 4.79 Å². The van der Waals surface area contributed by atoms with Crippen LogP contribution in [0.25, 0.3) is 0 Å². The quantitative estimate of drug-likeness (QED) is 0.561. The number of hydrogen-bond acceptors (Lipinski definition) is 4. The Morgan fingerprint density at radius 1 is 0.857 bits per heavy atom. The second kappa shape index (κ2) is 8.85. The number of esters is 1. The average molecular weight is 394 g/mol. The zero-order chi connectivity index (χ0) is 20.0. The summed E-state index contributed by atoms with van der Waals surface area (Å²) in [6.45, 7) is 2.00. The summed E-state index contributed by atoms with van der Waals surface area (Å²) in [6.07, 6.45) is 0.526. The molecular weight excluding hydrogens is 372 g/mol.